The molecule has 3 heteroatoms. The summed E-state index contributed by atoms with van der Waals surface area (Å²) < 4.78 is 26.2. The van der Waals surface area contributed by atoms with Gasteiger partial charge in [-0.25, -0.2) is 8.78 Å². The van der Waals surface area contributed by atoms with E-state index in [-0.39, 0.29) is 17.7 Å². The van der Waals surface area contributed by atoms with Crippen molar-refractivity contribution < 1.29 is 8.78 Å². The summed E-state index contributed by atoms with van der Waals surface area (Å²) in [5.74, 6) is -0.799. The molecule has 0 saturated heterocycles. The Morgan fingerprint density at radius 2 is 2.17 bits per heavy atom. The molecule has 0 fully saturated rings. The van der Waals surface area contributed by atoms with Crippen molar-refractivity contribution in [1.29, 1.82) is 0 Å². The molecule has 18 heavy (non-hydrogen) atoms. The average Bonchev–Trinajstić information content (AvgIpc) is 2.28. The van der Waals surface area contributed by atoms with E-state index in [4.69, 9.17) is 5.73 Å². The standard InChI is InChI=1S/C15H19F2N/c1-10(7-12(3)16)15(11(2)9-18)13-5-4-6-14(17)8-13/h4-8,11,15H,3,9,18H2,1-2H3/b10-7+. The number of halogens is 2. The first-order chi connectivity index (χ1) is 8.45. The van der Waals surface area contributed by atoms with Crippen LogP contribution < -0.4 is 5.73 Å². The summed E-state index contributed by atoms with van der Waals surface area (Å²) in [5.41, 5.74) is 7.29. The minimum Gasteiger partial charge on any atom is -0.330 e. The van der Waals surface area contributed by atoms with Crippen LogP contribution in [0.1, 0.15) is 25.3 Å². The molecule has 0 amide bonds. The fourth-order valence-electron chi connectivity index (χ4n) is 2.21. The van der Waals surface area contributed by atoms with Crippen molar-refractivity contribution in [3.8, 4) is 0 Å². The summed E-state index contributed by atoms with van der Waals surface area (Å²) in [7, 11) is 0. The topological polar surface area (TPSA) is 26.0 Å². The molecule has 0 saturated carbocycles. The molecule has 0 aliphatic rings. The second kappa shape index (κ2) is 6.45. The van der Waals surface area contributed by atoms with E-state index in [1.165, 1.54) is 18.2 Å². The van der Waals surface area contributed by atoms with Gasteiger partial charge in [0.1, 0.15) is 11.6 Å². The van der Waals surface area contributed by atoms with E-state index in [2.05, 4.69) is 6.58 Å². The zero-order valence-electron chi connectivity index (χ0n) is 10.8. The van der Waals surface area contributed by atoms with E-state index in [1.54, 1.807) is 6.07 Å². The highest BCUT2D eigenvalue weighted by Crippen LogP contribution is 2.32. The molecule has 2 unspecified atom stereocenters. The summed E-state index contributed by atoms with van der Waals surface area (Å²) in [6, 6.07) is 6.34. The molecule has 98 valence electrons. The van der Waals surface area contributed by atoms with Gasteiger partial charge in [-0.2, -0.15) is 0 Å². The summed E-state index contributed by atoms with van der Waals surface area (Å²) >= 11 is 0. The Hall–Kier alpha value is -1.48. The predicted octanol–water partition coefficient (Wildman–Crippen LogP) is 3.93. The molecular weight excluding hydrogens is 232 g/mol. The number of hydrogen-bond donors (Lipinski definition) is 1. The summed E-state index contributed by atoms with van der Waals surface area (Å²) in [6.45, 7) is 7.45. The van der Waals surface area contributed by atoms with E-state index in [1.807, 2.05) is 19.9 Å². The maximum absolute atomic E-state index is 13.3. The second-order valence-corrected chi connectivity index (χ2v) is 4.58. The highest BCUT2D eigenvalue weighted by Gasteiger charge is 2.20. The monoisotopic (exact) mass is 251 g/mol. The van der Waals surface area contributed by atoms with Gasteiger partial charge in [0.25, 0.3) is 0 Å². The third kappa shape index (κ3) is 3.77. The highest BCUT2D eigenvalue weighted by molar-refractivity contribution is 5.32. The van der Waals surface area contributed by atoms with Crippen LogP contribution >= 0.6 is 0 Å². The number of benzene rings is 1. The van der Waals surface area contributed by atoms with Crippen molar-refractivity contribution in [2.75, 3.05) is 6.54 Å². The van der Waals surface area contributed by atoms with Crippen LogP contribution in [-0.4, -0.2) is 6.54 Å². The zero-order valence-corrected chi connectivity index (χ0v) is 10.8. The van der Waals surface area contributed by atoms with Crippen LogP contribution in [-0.2, 0) is 0 Å². The van der Waals surface area contributed by atoms with E-state index in [9.17, 15) is 8.78 Å². The normalized spacial score (nSPS) is 15.3. The molecule has 2 atom stereocenters. The van der Waals surface area contributed by atoms with Crippen molar-refractivity contribution in [3.05, 3.63) is 59.7 Å². The molecule has 0 aromatic heterocycles. The molecule has 0 bridgehead atoms. The molecule has 1 nitrogen and oxygen atoms in total. The Labute approximate surface area is 107 Å². The fraction of sp³-hybridized carbons (Fsp3) is 0.333. The smallest absolute Gasteiger partial charge is 0.123 e. The molecule has 0 radical (unpaired) electrons. The van der Waals surface area contributed by atoms with Gasteiger partial charge in [-0.1, -0.05) is 31.2 Å². The Bertz CT molecular complexity index is 452. The minimum atomic E-state index is -0.502. The van der Waals surface area contributed by atoms with Gasteiger partial charge in [0.15, 0.2) is 0 Å². The maximum atomic E-state index is 13.3. The van der Waals surface area contributed by atoms with Crippen molar-refractivity contribution in [3.63, 3.8) is 0 Å². The third-order valence-electron chi connectivity index (χ3n) is 3.02. The molecule has 2 N–H and O–H groups in total. The predicted molar refractivity (Wildman–Crippen MR) is 71.4 cm³/mol. The molecule has 1 rings (SSSR count). The van der Waals surface area contributed by atoms with Crippen LogP contribution in [0.5, 0.6) is 0 Å². The quantitative estimate of drug-likeness (QED) is 0.788. The van der Waals surface area contributed by atoms with Crippen LogP contribution in [0, 0.1) is 11.7 Å². The molecule has 0 heterocycles. The SMILES string of the molecule is C=C(F)/C=C(\C)C(c1cccc(F)c1)C(C)CN. The van der Waals surface area contributed by atoms with Crippen LogP contribution in [0.4, 0.5) is 8.78 Å². The highest BCUT2D eigenvalue weighted by atomic mass is 19.1. The zero-order chi connectivity index (χ0) is 13.7. The number of allylic oxidation sites excluding steroid dienone is 3. The lowest BCUT2D eigenvalue weighted by Crippen LogP contribution is -2.20. The molecule has 0 aliphatic carbocycles. The van der Waals surface area contributed by atoms with E-state index in [0.29, 0.717) is 6.54 Å². The fourth-order valence-corrected chi connectivity index (χ4v) is 2.21. The van der Waals surface area contributed by atoms with E-state index >= 15 is 0 Å². The molecule has 0 aliphatic heterocycles. The van der Waals surface area contributed by atoms with E-state index in [0.717, 1.165) is 11.1 Å². The Kier molecular flexibility index (Phi) is 5.23. The Balaban J connectivity index is 3.17. The van der Waals surface area contributed by atoms with Gasteiger partial charge in [-0.05, 0) is 43.2 Å². The van der Waals surface area contributed by atoms with Crippen LogP contribution in [0.15, 0.2) is 48.3 Å². The molecular formula is C15H19F2N. The van der Waals surface area contributed by atoms with Crippen LogP contribution in [0.3, 0.4) is 0 Å². The lowest BCUT2D eigenvalue weighted by molar-refractivity contribution is 0.511. The largest absolute Gasteiger partial charge is 0.330 e. The van der Waals surface area contributed by atoms with Gasteiger partial charge < -0.3 is 5.73 Å². The van der Waals surface area contributed by atoms with Gasteiger partial charge in [0.2, 0.25) is 0 Å². The first kappa shape index (κ1) is 14.6. The lowest BCUT2D eigenvalue weighted by atomic mass is 9.81. The minimum absolute atomic E-state index is 0.0989. The maximum Gasteiger partial charge on any atom is 0.123 e. The van der Waals surface area contributed by atoms with Crippen molar-refractivity contribution >= 4 is 0 Å². The summed E-state index contributed by atoms with van der Waals surface area (Å²) in [6.07, 6.45) is 1.38. The average molecular weight is 251 g/mol. The first-order valence-electron chi connectivity index (χ1n) is 5.93. The van der Waals surface area contributed by atoms with Crippen molar-refractivity contribution in [2.45, 2.75) is 19.8 Å². The molecule has 1 aromatic carbocycles. The molecule has 0 spiro atoms. The molecule has 1 aromatic rings. The Morgan fingerprint density at radius 1 is 1.50 bits per heavy atom. The first-order valence-corrected chi connectivity index (χ1v) is 5.93. The Morgan fingerprint density at radius 3 is 2.67 bits per heavy atom. The van der Waals surface area contributed by atoms with Gasteiger partial charge in [0.05, 0.1) is 0 Å². The van der Waals surface area contributed by atoms with Crippen LogP contribution in [0.25, 0.3) is 0 Å². The van der Waals surface area contributed by atoms with Crippen molar-refractivity contribution in [1.82, 2.24) is 0 Å². The van der Waals surface area contributed by atoms with E-state index < -0.39 is 5.83 Å². The van der Waals surface area contributed by atoms with Gasteiger partial charge in [-0.3, -0.25) is 0 Å². The number of nitrogens with two attached hydrogens (primary N) is 1. The number of rotatable bonds is 5. The van der Waals surface area contributed by atoms with Gasteiger partial charge in [0, 0.05) is 5.92 Å². The van der Waals surface area contributed by atoms with Crippen LogP contribution in [0.2, 0.25) is 0 Å². The van der Waals surface area contributed by atoms with Gasteiger partial charge in [-0.15, -0.1) is 0 Å². The number of hydrogen-bond acceptors (Lipinski definition) is 1. The third-order valence-corrected chi connectivity index (χ3v) is 3.02. The second-order valence-electron chi connectivity index (χ2n) is 4.58. The van der Waals surface area contributed by atoms with Crippen molar-refractivity contribution in [2.24, 2.45) is 11.7 Å². The lowest BCUT2D eigenvalue weighted by Gasteiger charge is -2.24. The van der Waals surface area contributed by atoms with Gasteiger partial charge >= 0.3 is 0 Å². The summed E-state index contributed by atoms with van der Waals surface area (Å²) in [4.78, 5) is 0. The summed E-state index contributed by atoms with van der Waals surface area (Å²) in [5, 5.41) is 0.